The van der Waals surface area contributed by atoms with Crippen LogP contribution in [-0.2, 0) is 0 Å². The van der Waals surface area contributed by atoms with E-state index in [2.05, 4.69) is 28.7 Å². The van der Waals surface area contributed by atoms with Gasteiger partial charge in [0.1, 0.15) is 6.26 Å². The summed E-state index contributed by atoms with van der Waals surface area (Å²) in [6.45, 7) is 1.82. The Kier molecular flexibility index (Phi) is 5.32. The first-order valence-electron chi connectivity index (χ1n) is 2.41. The van der Waals surface area contributed by atoms with Crippen LogP contribution in [0.15, 0.2) is 41.0 Å². The van der Waals surface area contributed by atoms with Gasteiger partial charge in [-0.15, -0.1) is 0 Å². The standard InChI is InChI=1S/C8H6O/c1-2-3-4-5-6-7-8-9/h2,8-9H,1H3. The summed E-state index contributed by atoms with van der Waals surface area (Å²) in [5.74, 6) is 0. The molecule has 0 aliphatic carbocycles. The molecule has 0 saturated heterocycles. The number of rotatable bonds is 0. The first-order chi connectivity index (χ1) is 4.41. The molecular formula is C8H6O. The van der Waals surface area contributed by atoms with Crippen LogP contribution in [0.3, 0.4) is 0 Å². The van der Waals surface area contributed by atoms with Crippen LogP contribution in [-0.4, -0.2) is 5.11 Å². The minimum atomic E-state index is 0.754. The summed E-state index contributed by atoms with van der Waals surface area (Å²) in [6, 6.07) is 0. The minimum absolute atomic E-state index is 0.754. The average molecular weight is 118 g/mol. The van der Waals surface area contributed by atoms with E-state index in [9.17, 15) is 0 Å². The molecule has 0 unspecified atom stereocenters. The van der Waals surface area contributed by atoms with Crippen molar-refractivity contribution < 1.29 is 5.11 Å². The van der Waals surface area contributed by atoms with E-state index in [1.54, 1.807) is 6.08 Å². The fourth-order valence-corrected chi connectivity index (χ4v) is 0.208. The highest BCUT2D eigenvalue weighted by atomic mass is 16.2. The zero-order valence-corrected chi connectivity index (χ0v) is 5.10. The van der Waals surface area contributed by atoms with Gasteiger partial charge in [0, 0.05) is 0 Å². The van der Waals surface area contributed by atoms with Crippen molar-refractivity contribution in [1.82, 2.24) is 0 Å². The van der Waals surface area contributed by atoms with E-state index < -0.39 is 0 Å². The van der Waals surface area contributed by atoms with E-state index in [0.29, 0.717) is 0 Å². The predicted octanol–water partition coefficient (Wildman–Crippen LogP) is 1.85. The smallest absolute Gasteiger partial charge is 0.130 e. The lowest BCUT2D eigenvalue weighted by molar-refractivity contribution is 0.475. The highest BCUT2D eigenvalue weighted by Crippen LogP contribution is 1.56. The molecule has 1 nitrogen and oxygen atoms in total. The molecule has 0 rings (SSSR count). The van der Waals surface area contributed by atoms with Gasteiger partial charge in [-0.2, -0.15) is 0 Å². The second kappa shape index (κ2) is 6.44. The molecule has 0 heterocycles. The van der Waals surface area contributed by atoms with Gasteiger partial charge < -0.3 is 5.11 Å². The summed E-state index contributed by atoms with van der Waals surface area (Å²) in [4.78, 5) is 0. The summed E-state index contributed by atoms with van der Waals surface area (Å²) in [7, 11) is 0. The third-order valence-electron chi connectivity index (χ3n) is 0.478. The Bertz CT molecular complexity index is 229. The number of aliphatic hydroxyl groups excluding tert-OH is 1. The second-order valence-corrected chi connectivity index (χ2v) is 1.08. The maximum absolute atomic E-state index is 8.03. The number of allylic oxidation sites excluding steroid dienone is 1. The van der Waals surface area contributed by atoms with Gasteiger partial charge in [0.05, 0.1) is 0 Å². The van der Waals surface area contributed by atoms with Crippen molar-refractivity contribution in [2.75, 3.05) is 0 Å². The molecule has 0 atom stereocenters. The van der Waals surface area contributed by atoms with Gasteiger partial charge in [0.2, 0.25) is 0 Å². The fraction of sp³-hybridized carbons (Fsp3) is 0.125. The summed E-state index contributed by atoms with van der Waals surface area (Å²) in [6.07, 6.45) is 2.45. The number of aliphatic hydroxyl groups is 1. The van der Waals surface area contributed by atoms with Gasteiger partial charge in [-0.1, -0.05) is 5.73 Å². The van der Waals surface area contributed by atoms with E-state index in [0.717, 1.165) is 6.26 Å². The molecule has 0 aromatic heterocycles. The molecule has 0 bridgehead atoms. The van der Waals surface area contributed by atoms with E-state index in [1.165, 1.54) is 0 Å². The summed E-state index contributed by atoms with van der Waals surface area (Å²) >= 11 is 0. The van der Waals surface area contributed by atoms with Crippen LogP contribution in [0.5, 0.6) is 0 Å². The van der Waals surface area contributed by atoms with Gasteiger partial charge in [-0.05, 0) is 35.9 Å². The van der Waals surface area contributed by atoms with Crippen molar-refractivity contribution in [3.8, 4) is 0 Å². The molecule has 0 aromatic carbocycles. The van der Waals surface area contributed by atoms with Crippen molar-refractivity contribution in [3.05, 3.63) is 41.0 Å². The third kappa shape index (κ3) is 6.44. The van der Waals surface area contributed by atoms with Crippen molar-refractivity contribution in [3.63, 3.8) is 0 Å². The predicted molar refractivity (Wildman–Crippen MR) is 35.0 cm³/mol. The topological polar surface area (TPSA) is 20.2 Å². The molecule has 1 N–H and O–H groups in total. The van der Waals surface area contributed by atoms with E-state index in [4.69, 9.17) is 5.11 Å². The molecule has 1 heteroatoms. The Hall–Kier alpha value is -1.56. The van der Waals surface area contributed by atoms with E-state index in [1.807, 2.05) is 6.92 Å². The van der Waals surface area contributed by atoms with Crippen molar-refractivity contribution in [2.24, 2.45) is 0 Å². The maximum Gasteiger partial charge on any atom is 0.130 e. The zero-order chi connectivity index (χ0) is 6.95. The second-order valence-electron chi connectivity index (χ2n) is 1.08. The molecule has 0 aliphatic heterocycles. The molecule has 0 aromatic rings. The third-order valence-corrected chi connectivity index (χ3v) is 0.478. The lowest BCUT2D eigenvalue weighted by Crippen LogP contribution is -1.33. The Morgan fingerprint density at radius 1 is 1.11 bits per heavy atom. The van der Waals surface area contributed by atoms with Crippen molar-refractivity contribution >= 4 is 0 Å². The Morgan fingerprint density at radius 2 is 1.78 bits per heavy atom. The lowest BCUT2D eigenvalue weighted by atomic mass is 10.6. The van der Waals surface area contributed by atoms with Gasteiger partial charge in [-0.25, -0.2) is 0 Å². The number of hydrogen-bond acceptors (Lipinski definition) is 1. The molecule has 0 aliphatic rings. The van der Waals surface area contributed by atoms with E-state index >= 15 is 0 Å². The Morgan fingerprint density at radius 3 is 2.33 bits per heavy atom. The first-order valence-corrected chi connectivity index (χ1v) is 2.41. The highest BCUT2D eigenvalue weighted by molar-refractivity contribution is 4.86. The first kappa shape index (κ1) is 7.44. The van der Waals surface area contributed by atoms with Crippen LogP contribution in [0.2, 0.25) is 0 Å². The van der Waals surface area contributed by atoms with Gasteiger partial charge in [0.15, 0.2) is 0 Å². The minimum Gasteiger partial charge on any atom is -0.507 e. The van der Waals surface area contributed by atoms with Crippen LogP contribution in [0.4, 0.5) is 0 Å². The summed E-state index contributed by atoms with van der Waals surface area (Å²) < 4.78 is 0. The quantitative estimate of drug-likeness (QED) is 0.380. The average Bonchev–Trinajstić information content (AvgIpc) is 1.89. The molecular weight excluding hydrogens is 112 g/mol. The van der Waals surface area contributed by atoms with Crippen LogP contribution < -0.4 is 0 Å². The lowest BCUT2D eigenvalue weighted by Gasteiger charge is -1.47. The molecule has 44 valence electrons. The molecule has 0 saturated carbocycles. The van der Waals surface area contributed by atoms with Gasteiger partial charge in [-0.3, -0.25) is 0 Å². The normalized spacial score (nSPS) is 4.56. The SMILES string of the molecule is CC=C=C=C=C=C=CO. The molecule has 0 fully saturated rings. The largest absolute Gasteiger partial charge is 0.507 e. The van der Waals surface area contributed by atoms with Gasteiger partial charge in [0.25, 0.3) is 0 Å². The van der Waals surface area contributed by atoms with Crippen molar-refractivity contribution in [1.29, 1.82) is 0 Å². The summed E-state index contributed by atoms with van der Waals surface area (Å²) in [5, 5.41) is 8.03. The maximum atomic E-state index is 8.03. The van der Waals surface area contributed by atoms with Crippen LogP contribution in [0, 0.1) is 0 Å². The number of hydrogen-bond donors (Lipinski definition) is 1. The zero-order valence-electron chi connectivity index (χ0n) is 5.10. The summed E-state index contributed by atoms with van der Waals surface area (Å²) in [5.41, 5.74) is 12.2. The molecule has 9 heavy (non-hydrogen) atoms. The van der Waals surface area contributed by atoms with Gasteiger partial charge >= 0.3 is 0 Å². The highest BCUT2D eigenvalue weighted by Gasteiger charge is 1.39. The van der Waals surface area contributed by atoms with Crippen molar-refractivity contribution in [2.45, 2.75) is 6.92 Å². The fourth-order valence-electron chi connectivity index (χ4n) is 0.208. The molecule has 0 amide bonds. The van der Waals surface area contributed by atoms with E-state index in [-0.39, 0.29) is 0 Å². The van der Waals surface area contributed by atoms with Crippen LogP contribution in [0.25, 0.3) is 0 Å². The monoisotopic (exact) mass is 118 g/mol. The molecule has 0 radical (unpaired) electrons. The Balaban J connectivity index is 4.72. The van der Waals surface area contributed by atoms with Crippen LogP contribution in [0.1, 0.15) is 6.92 Å². The van der Waals surface area contributed by atoms with Crippen LogP contribution >= 0.6 is 0 Å². The Labute approximate surface area is 54.0 Å². The molecule has 0 spiro atoms.